The molecule has 0 fully saturated rings. The molecule has 0 aliphatic rings. The fourth-order valence-electron chi connectivity index (χ4n) is 2.89. The highest BCUT2D eigenvalue weighted by molar-refractivity contribution is 5.01. The Kier molecular flexibility index (Phi) is 7.89. The lowest BCUT2D eigenvalue weighted by Crippen LogP contribution is -2.28. The van der Waals surface area contributed by atoms with Crippen LogP contribution in [0, 0.1) is 5.92 Å². The van der Waals surface area contributed by atoms with Crippen molar-refractivity contribution >= 4 is 0 Å². The summed E-state index contributed by atoms with van der Waals surface area (Å²) in [6.45, 7) is 7.13. The molecule has 0 saturated heterocycles. The summed E-state index contributed by atoms with van der Waals surface area (Å²) in [5, 5.41) is 4.14. The Balaban J connectivity index is 2.66. The monoisotopic (exact) mass is 297 g/mol. The summed E-state index contributed by atoms with van der Waals surface area (Å²) in [6, 6.07) is 0. The van der Waals surface area contributed by atoms with E-state index < -0.39 is 5.60 Å². The number of ether oxygens (including phenoxy) is 1. The molecular formula is C16H31N3O2. The molecule has 0 saturated carbocycles. The molecule has 0 aliphatic heterocycles. The van der Waals surface area contributed by atoms with E-state index in [1.807, 2.05) is 0 Å². The van der Waals surface area contributed by atoms with E-state index >= 15 is 0 Å². The second-order valence-corrected chi connectivity index (χ2v) is 5.69. The van der Waals surface area contributed by atoms with Crippen LogP contribution in [0.5, 0.6) is 0 Å². The van der Waals surface area contributed by atoms with Gasteiger partial charge in [0.05, 0.1) is 0 Å². The predicted molar refractivity (Wildman–Crippen MR) is 84.0 cm³/mol. The molecule has 5 heteroatoms. The number of aromatic nitrogens is 2. The third-order valence-electron chi connectivity index (χ3n) is 4.45. The van der Waals surface area contributed by atoms with Crippen molar-refractivity contribution in [3.63, 3.8) is 0 Å². The van der Waals surface area contributed by atoms with Crippen LogP contribution in [0.25, 0.3) is 0 Å². The molecule has 0 amide bonds. The Bertz CT molecular complexity index is 374. The topological polar surface area (TPSA) is 74.2 Å². The van der Waals surface area contributed by atoms with Crippen molar-refractivity contribution in [3.8, 4) is 0 Å². The molecule has 0 spiro atoms. The molecule has 21 heavy (non-hydrogen) atoms. The SMILES string of the molecule is CCCC(CCN)CCc1nc(C(CC)(CC)OC)no1. The molecule has 0 aliphatic carbocycles. The van der Waals surface area contributed by atoms with Crippen LogP contribution in [0.2, 0.25) is 0 Å². The molecule has 5 nitrogen and oxygen atoms in total. The van der Waals surface area contributed by atoms with E-state index in [1.54, 1.807) is 7.11 Å². The Morgan fingerprint density at radius 1 is 1.19 bits per heavy atom. The van der Waals surface area contributed by atoms with Crippen LogP contribution in [0.4, 0.5) is 0 Å². The van der Waals surface area contributed by atoms with Crippen LogP contribution in [-0.4, -0.2) is 23.8 Å². The zero-order chi connectivity index (χ0) is 15.7. The lowest BCUT2D eigenvalue weighted by Gasteiger charge is -2.25. The van der Waals surface area contributed by atoms with Gasteiger partial charge >= 0.3 is 0 Å². The quantitative estimate of drug-likeness (QED) is 0.677. The maximum atomic E-state index is 5.68. The number of hydrogen-bond acceptors (Lipinski definition) is 5. The lowest BCUT2D eigenvalue weighted by atomic mass is 9.94. The van der Waals surface area contributed by atoms with Crippen molar-refractivity contribution < 1.29 is 9.26 Å². The van der Waals surface area contributed by atoms with E-state index in [4.69, 9.17) is 15.0 Å². The van der Waals surface area contributed by atoms with Gasteiger partial charge in [-0.3, -0.25) is 0 Å². The number of methoxy groups -OCH3 is 1. The third-order valence-corrected chi connectivity index (χ3v) is 4.45. The van der Waals surface area contributed by atoms with Crippen molar-refractivity contribution in [2.75, 3.05) is 13.7 Å². The van der Waals surface area contributed by atoms with E-state index in [9.17, 15) is 0 Å². The number of nitrogens with zero attached hydrogens (tertiary/aromatic N) is 2. The Morgan fingerprint density at radius 3 is 2.43 bits per heavy atom. The molecule has 0 radical (unpaired) electrons. The summed E-state index contributed by atoms with van der Waals surface area (Å²) in [4.78, 5) is 4.55. The fourth-order valence-corrected chi connectivity index (χ4v) is 2.89. The highest BCUT2D eigenvalue weighted by atomic mass is 16.5. The highest BCUT2D eigenvalue weighted by Gasteiger charge is 2.33. The van der Waals surface area contributed by atoms with Crippen molar-refractivity contribution in [1.29, 1.82) is 0 Å². The summed E-state index contributed by atoms with van der Waals surface area (Å²) >= 11 is 0. The van der Waals surface area contributed by atoms with Gasteiger partial charge in [0.15, 0.2) is 0 Å². The van der Waals surface area contributed by atoms with Gasteiger partial charge in [-0.1, -0.05) is 38.8 Å². The van der Waals surface area contributed by atoms with Gasteiger partial charge < -0.3 is 15.0 Å². The van der Waals surface area contributed by atoms with Gasteiger partial charge in [-0.15, -0.1) is 0 Å². The summed E-state index contributed by atoms with van der Waals surface area (Å²) in [5.74, 6) is 2.04. The smallest absolute Gasteiger partial charge is 0.226 e. The second-order valence-electron chi connectivity index (χ2n) is 5.69. The molecule has 1 unspecified atom stereocenters. The second kappa shape index (κ2) is 9.15. The van der Waals surface area contributed by atoms with Crippen LogP contribution in [0.15, 0.2) is 4.52 Å². The first-order chi connectivity index (χ1) is 10.2. The Hall–Kier alpha value is -0.940. The molecule has 1 aromatic heterocycles. The number of aryl methyl sites for hydroxylation is 1. The molecule has 1 aromatic rings. The highest BCUT2D eigenvalue weighted by Crippen LogP contribution is 2.30. The zero-order valence-electron chi connectivity index (χ0n) is 14.0. The summed E-state index contributed by atoms with van der Waals surface area (Å²) < 4.78 is 11.0. The predicted octanol–water partition coefficient (Wildman–Crippen LogP) is 3.43. The average molecular weight is 297 g/mol. The molecule has 1 atom stereocenters. The summed E-state index contributed by atoms with van der Waals surface area (Å²) in [5.41, 5.74) is 5.26. The van der Waals surface area contributed by atoms with Gasteiger partial charge in [-0.05, 0) is 38.1 Å². The summed E-state index contributed by atoms with van der Waals surface area (Å²) in [7, 11) is 1.71. The average Bonchev–Trinajstić information content (AvgIpc) is 2.97. The first kappa shape index (κ1) is 18.1. The van der Waals surface area contributed by atoms with Gasteiger partial charge in [0, 0.05) is 13.5 Å². The van der Waals surface area contributed by atoms with Gasteiger partial charge in [0.2, 0.25) is 11.7 Å². The minimum atomic E-state index is -0.415. The van der Waals surface area contributed by atoms with Gasteiger partial charge in [-0.25, -0.2) is 0 Å². The molecular weight excluding hydrogens is 266 g/mol. The van der Waals surface area contributed by atoms with E-state index in [0.29, 0.717) is 17.6 Å². The minimum absolute atomic E-state index is 0.415. The van der Waals surface area contributed by atoms with E-state index in [-0.39, 0.29) is 0 Å². The third kappa shape index (κ3) is 4.78. The first-order valence-electron chi connectivity index (χ1n) is 8.23. The number of rotatable bonds is 11. The summed E-state index contributed by atoms with van der Waals surface area (Å²) in [6.07, 6.45) is 7.04. The fraction of sp³-hybridized carbons (Fsp3) is 0.875. The lowest BCUT2D eigenvalue weighted by molar-refractivity contribution is -0.0306. The maximum Gasteiger partial charge on any atom is 0.226 e. The molecule has 0 bridgehead atoms. The maximum absolute atomic E-state index is 5.68. The van der Waals surface area contributed by atoms with Crippen molar-refractivity contribution in [2.24, 2.45) is 11.7 Å². The van der Waals surface area contributed by atoms with Crippen LogP contribution in [0.3, 0.4) is 0 Å². The van der Waals surface area contributed by atoms with Crippen molar-refractivity contribution in [3.05, 3.63) is 11.7 Å². The van der Waals surface area contributed by atoms with Crippen LogP contribution < -0.4 is 5.73 Å². The normalized spacial score (nSPS) is 13.6. The van der Waals surface area contributed by atoms with Crippen LogP contribution in [0.1, 0.15) is 71.0 Å². The largest absolute Gasteiger partial charge is 0.370 e. The number of hydrogen-bond donors (Lipinski definition) is 1. The van der Waals surface area contributed by atoms with Crippen molar-refractivity contribution in [2.45, 2.75) is 71.3 Å². The standard InChI is InChI=1S/C16H31N3O2/c1-5-8-13(11-12-17)9-10-14-18-15(19-21-14)16(6-2,7-3)20-4/h13H,5-12,17H2,1-4H3. The van der Waals surface area contributed by atoms with Crippen LogP contribution >= 0.6 is 0 Å². The van der Waals surface area contributed by atoms with Gasteiger partial charge in [0.1, 0.15) is 5.60 Å². The van der Waals surface area contributed by atoms with E-state index in [1.165, 1.54) is 12.8 Å². The zero-order valence-corrected chi connectivity index (χ0v) is 14.0. The molecule has 2 N–H and O–H groups in total. The number of nitrogens with two attached hydrogens (primary N) is 1. The van der Waals surface area contributed by atoms with E-state index in [0.717, 1.165) is 38.6 Å². The first-order valence-corrected chi connectivity index (χ1v) is 8.23. The van der Waals surface area contributed by atoms with Gasteiger partial charge in [0.25, 0.3) is 0 Å². The molecule has 122 valence electrons. The van der Waals surface area contributed by atoms with Crippen molar-refractivity contribution in [1.82, 2.24) is 10.1 Å². The minimum Gasteiger partial charge on any atom is -0.370 e. The molecule has 1 heterocycles. The Labute approximate surface area is 128 Å². The Morgan fingerprint density at radius 2 is 1.90 bits per heavy atom. The van der Waals surface area contributed by atoms with Crippen LogP contribution in [-0.2, 0) is 16.8 Å². The molecule has 0 aromatic carbocycles. The van der Waals surface area contributed by atoms with E-state index in [2.05, 4.69) is 30.9 Å². The van der Waals surface area contributed by atoms with Gasteiger partial charge in [-0.2, -0.15) is 4.98 Å². The molecule has 1 rings (SSSR count).